The number of nitrogens with zero attached hydrogens (tertiary/aromatic N) is 1. The predicted octanol–water partition coefficient (Wildman–Crippen LogP) is 1.49. The lowest BCUT2D eigenvalue weighted by atomic mass is 10.1. The highest BCUT2D eigenvalue weighted by Gasteiger charge is 2.01. The van der Waals surface area contributed by atoms with Crippen molar-refractivity contribution in [1.82, 2.24) is 4.98 Å². The number of aromatic nitrogens is 1. The number of nitrogens with one attached hydrogen (secondary N) is 1. The van der Waals surface area contributed by atoms with Crippen LogP contribution in [0, 0.1) is 5.41 Å². The average Bonchev–Trinajstić information content (AvgIpc) is 2.04. The zero-order chi connectivity index (χ0) is 9.14. The van der Waals surface area contributed by atoms with Crippen molar-refractivity contribution in [2.45, 2.75) is 19.8 Å². The van der Waals surface area contributed by atoms with Crippen molar-refractivity contribution < 1.29 is 0 Å². The van der Waals surface area contributed by atoms with E-state index in [1.807, 2.05) is 12.1 Å². The van der Waals surface area contributed by atoms with E-state index in [1.165, 1.54) is 0 Å². The van der Waals surface area contributed by atoms with Crippen molar-refractivity contribution in [1.29, 1.82) is 5.41 Å². The first-order chi connectivity index (χ1) is 5.61. The summed E-state index contributed by atoms with van der Waals surface area (Å²) in [6, 6.07) is 3.73. The Morgan fingerprint density at radius 3 is 2.50 bits per heavy atom. The Hall–Kier alpha value is -1.38. The quantitative estimate of drug-likeness (QED) is 0.512. The largest absolute Gasteiger partial charge is 0.384 e. The van der Waals surface area contributed by atoms with E-state index >= 15 is 0 Å². The van der Waals surface area contributed by atoms with Gasteiger partial charge in [0.25, 0.3) is 0 Å². The molecule has 0 aliphatic carbocycles. The van der Waals surface area contributed by atoms with Gasteiger partial charge in [0.15, 0.2) is 0 Å². The molecule has 0 radical (unpaired) electrons. The van der Waals surface area contributed by atoms with Crippen molar-refractivity contribution in [2.24, 2.45) is 5.73 Å². The predicted molar refractivity (Wildman–Crippen MR) is 49.3 cm³/mol. The third-order valence-electron chi connectivity index (χ3n) is 1.69. The van der Waals surface area contributed by atoms with Gasteiger partial charge in [0.05, 0.1) is 0 Å². The highest BCUT2D eigenvalue weighted by atomic mass is 14.7. The summed E-state index contributed by atoms with van der Waals surface area (Å²) in [7, 11) is 0. The molecule has 0 aromatic carbocycles. The van der Waals surface area contributed by atoms with Crippen molar-refractivity contribution in [3.63, 3.8) is 0 Å². The summed E-state index contributed by atoms with van der Waals surface area (Å²) in [5, 5.41) is 7.15. The van der Waals surface area contributed by atoms with Gasteiger partial charge in [0.2, 0.25) is 0 Å². The van der Waals surface area contributed by atoms with Gasteiger partial charge in [-0.15, -0.1) is 0 Å². The van der Waals surface area contributed by atoms with E-state index in [2.05, 4.69) is 18.8 Å². The summed E-state index contributed by atoms with van der Waals surface area (Å²) in [5.41, 5.74) is 6.99. The van der Waals surface area contributed by atoms with Gasteiger partial charge >= 0.3 is 0 Å². The zero-order valence-corrected chi connectivity index (χ0v) is 7.33. The third kappa shape index (κ3) is 1.81. The second-order valence-electron chi connectivity index (χ2n) is 3.04. The molecule has 3 heteroatoms. The molecule has 0 bridgehead atoms. The van der Waals surface area contributed by atoms with E-state index in [-0.39, 0.29) is 5.84 Å². The molecule has 1 heterocycles. The Morgan fingerprint density at radius 2 is 2.17 bits per heavy atom. The first-order valence-electron chi connectivity index (χ1n) is 3.91. The Morgan fingerprint density at radius 1 is 1.50 bits per heavy atom. The van der Waals surface area contributed by atoms with E-state index < -0.39 is 0 Å². The van der Waals surface area contributed by atoms with Gasteiger partial charge in [-0.2, -0.15) is 0 Å². The van der Waals surface area contributed by atoms with Gasteiger partial charge in [-0.3, -0.25) is 10.4 Å². The molecule has 3 nitrogen and oxygen atoms in total. The molecule has 0 aliphatic rings. The monoisotopic (exact) mass is 163 g/mol. The Balaban J connectivity index is 2.93. The minimum Gasteiger partial charge on any atom is -0.384 e. The summed E-state index contributed by atoms with van der Waals surface area (Å²) < 4.78 is 0. The molecule has 0 atom stereocenters. The first-order valence-corrected chi connectivity index (χ1v) is 3.91. The first kappa shape index (κ1) is 8.71. The third-order valence-corrected chi connectivity index (χ3v) is 1.69. The molecule has 1 aromatic rings. The summed E-state index contributed by atoms with van der Waals surface area (Å²) in [6.07, 6.45) is 1.64. The van der Waals surface area contributed by atoms with Crippen LogP contribution in [0.25, 0.3) is 0 Å². The summed E-state index contributed by atoms with van der Waals surface area (Å²) in [5.74, 6) is 0.490. The molecule has 0 fully saturated rings. The molecule has 1 aromatic heterocycles. The maximum absolute atomic E-state index is 7.15. The molecule has 0 amide bonds. The number of rotatable bonds is 2. The molecule has 0 spiro atoms. The van der Waals surface area contributed by atoms with Crippen LogP contribution in [0.5, 0.6) is 0 Å². The number of hydrogen-bond acceptors (Lipinski definition) is 2. The zero-order valence-electron chi connectivity index (χ0n) is 7.33. The number of nitrogen functional groups attached to an aromatic ring is 1. The molecule has 0 aliphatic heterocycles. The summed E-state index contributed by atoms with van der Waals surface area (Å²) in [4.78, 5) is 4.18. The molecule has 0 unspecified atom stereocenters. The van der Waals surface area contributed by atoms with Crippen LogP contribution in [0.1, 0.15) is 31.0 Å². The van der Waals surface area contributed by atoms with Gasteiger partial charge in [-0.25, -0.2) is 0 Å². The lowest BCUT2D eigenvalue weighted by Crippen LogP contribution is -2.11. The summed E-state index contributed by atoms with van der Waals surface area (Å²) >= 11 is 0. The van der Waals surface area contributed by atoms with Crippen molar-refractivity contribution >= 4 is 5.84 Å². The molecule has 64 valence electrons. The number of nitrogens with two attached hydrogens (primary N) is 1. The Bertz CT molecular complexity index is 274. The molecule has 0 saturated heterocycles. The van der Waals surface area contributed by atoms with Crippen LogP contribution in [0.2, 0.25) is 0 Å². The van der Waals surface area contributed by atoms with E-state index in [9.17, 15) is 0 Å². The molecular weight excluding hydrogens is 150 g/mol. The summed E-state index contributed by atoms with van der Waals surface area (Å²) in [6.45, 7) is 4.16. The van der Waals surface area contributed by atoms with Crippen LogP contribution in [0.15, 0.2) is 18.3 Å². The van der Waals surface area contributed by atoms with Crippen molar-refractivity contribution in [3.8, 4) is 0 Å². The van der Waals surface area contributed by atoms with Gasteiger partial charge in [0.1, 0.15) is 5.84 Å². The average molecular weight is 163 g/mol. The maximum Gasteiger partial charge on any atom is 0.124 e. The van der Waals surface area contributed by atoms with Gasteiger partial charge in [0, 0.05) is 17.5 Å². The van der Waals surface area contributed by atoms with Gasteiger partial charge in [-0.1, -0.05) is 13.8 Å². The normalized spacial score (nSPS) is 10.2. The van der Waals surface area contributed by atoms with E-state index in [0.29, 0.717) is 11.5 Å². The highest BCUT2D eigenvalue weighted by molar-refractivity contribution is 5.94. The minimum atomic E-state index is 0.0674. The molecule has 12 heavy (non-hydrogen) atoms. The minimum absolute atomic E-state index is 0.0674. The second-order valence-corrected chi connectivity index (χ2v) is 3.04. The van der Waals surface area contributed by atoms with Crippen LogP contribution in [0.4, 0.5) is 0 Å². The molecule has 0 saturated carbocycles. The number of pyridine rings is 1. The van der Waals surface area contributed by atoms with Crippen LogP contribution in [-0.2, 0) is 0 Å². The van der Waals surface area contributed by atoms with E-state index in [0.717, 1.165) is 5.69 Å². The van der Waals surface area contributed by atoms with Crippen LogP contribution < -0.4 is 5.73 Å². The maximum atomic E-state index is 7.15. The SMILES string of the molecule is CC(C)c1ccc(C(=N)N)cn1. The van der Waals surface area contributed by atoms with Gasteiger partial charge < -0.3 is 5.73 Å². The van der Waals surface area contributed by atoms with E-state index in [4.69, 9.17) is 11.1 Å². The Labute approximate surface area is 72.1 Å². The molecule has 3 N–H and O–H groups in total. The smallest absolute Gasteiger partial charge is 0.124 e. The second kappa shape index (κ2) is 3.34. The lowest BCUT2D eigenvalue weighted by Gasteiger charge is -2.04. The van der Waals surface area contributed by atoms with Crippen LogP contribution in [-0.4, -0.2) is 10.8 Å². The standard InChI is InChI=1S/C9H13N3/c1-6(2)8-4-3-7(5-12-8)9(10)11/h3-6H,1-2H3,(H3,10,11). The molecular formula is C9H13N3. The van der Waals surface area contributed by atoms with Crippen LogP contribution in [0.3, 0.4) is 0 Å². The number of hydrogen-bond donors (Lipinski definition) is 2. The van der Waals surface area contributed by atoms with Crippen molar-refractivity contribution in [2.75, 3.05) is 0 Å². The fraction of sp³-hybridized carbons (Fsp3) is 0.333. The number of amidine groups is 1. The fourth-order valence-corrected chi connectivity index (χ4v) is 0.906. The van der Waals surface area contributed by atoms with Crippen LogP contribution >= 0.6 is 0 Å². The molecule has 1 rings (SSSR count). The fourth-order valence-electron chi connectivity index (χ4n) is 0.906. The highest BCUT2D eigenvalue weighted by Crippen LogP contribution is 2.10. The van der Waals surface area contributed by atoms with Crippen molar-refractivity contribution in [3.05, 3.63) is 29.6 Å². The Kier molecular flexibility index (Phi) is 2.43. The van der Waals surface area contributed by atoms with Gasteiger partial charge in [-0.05, 0) is 18.1 Å². The van der Waals surface area contributed by atoms with E-state index in [1.54, 1.807) is 6.20 Å². The lowest BCUT2D eigenvalue weighted by molar-refractivity contribution is 0.822. The topological polar surface area (TPSA) is 62.8 Å².